The Kier molecular flexibility index (Phi) is 2.08. The van der Waals surface area contributed by atoms with E-state index in [0.29, 0.717) is 0 Å². The van der Waals surface area contributed by atoms with Gasteiger partial charge >= 0.3 is 0 Å². The standard InChI is InChI=1S/C11H12N2O/c1-7-3-4-10-9(5-7)11(6-14)13-8(2)12-10/h3-6,11H,1-2H3,(H,12,13). The minimum atomic E-state index is -0.248. The molecule has 1 heterocycles. The van der Waals surface area contributed by atoms with Gasteiger partial charge in [-0.05, 0) is 19.9 Å². The molecular weight excluding hydrogens is 176 g/mol. The predicted molar refractivity (Wildman–Crippen MR) is 55.9 cm³/mol. The summed E-state index contributed by atoms with van der Waals surface area (Å²) in [5.74, 6) is 0.790. The maximum atomic E-state index is 10.9. The van der Waals surface area contributed by atoms with Crippen molar-refractivity contribution >= 4 is 17.8 Å². The molecule has 0 amide bonds. The van der Waals surface area contributed by atoms with Crippen molar-refractivity contribution in [3.8, 4) is 0 Å². The number of aryl methyl sites for hydroxylation is 1. The van der Waals surface area contributed by atoms with Crippen molar-refractivity contribution in [3.63, 3.8) is 0 Å². The maximum Gasteiger partial charge on any atom is 0.146 e. The molecule has 0 spiro atoms. The molecular formula is C11H12N2O. The Labute approximate surface area is 82.9 Å². The van der Waals surface area contributed by atoms with Crippen molar-refractivity contribution in [3.05, 3.63) is 29.3 Å². The molecule has 1 aromatic rings. The van der Waals surface area contributed by atoms with Gasteiger partial charge < -0.3 is 10.1 Å². The minimum absolute atomic E-state index is 0.248. The SMILES string of the molecule is CC1=Nc2ccc(C)cc2C(C=O)N1. The lowest BCUT2D eigenvalue weighted by molar-refractivity contribution is -0.109. The van der Waals surface area contributed by atoms with Crippen LogP contribution in [0.15, 0.2) is 23.2 Å². The molecule has 1 unspecified atom stereocenters. The second-order valence-corrected chi connectivity index (χ2v) is 3.52. The largest absolute Gasteiger partial charge is 0.360 e. The number of nitrogens with one attached hydrogen (secondary N) is 1. The molecule has 0 saturated heterocycles. The normalized spacial score (nSPS) is 19.3. The summed E-state index contributed by atoms with van der Waals surface area (Å²) in [6.45, 7) is 3.87. The van der Waals surface area contributed by atoms with Gasteiger partial charge in [0.25, 0.3) is 0 Å². The lowest BCUT2D eigenvalue weighted by atomic mass is 10.0. The van der Waals surface area contributed by atoms with Gasteiger partial charge in [0.05, 0.1) is 11.5 Å². The molecule has 1 aliphatic heterocycles. The van der Waals surface area contributed by atoms with Crippen molar-refractivity contribution < 1.29 is 4.79 Å². The molecule has 0 aliphatic carbocycles. The molecule has 3 nitrogen and oxygen atoms in total. The van der Waals surface area contributed by atoms with Crippen molar-refractivity contribution in [1.82, 2.24) is 5.32 Å². The predicted octanol–water partition coefficient (Wildman–Crippen LogP) is 1.89. The number of nitrogens with zero attached hydrogens (tertiary/aromatic N) is 1. The van der Waals surface area contributed by atoms with Gasteiger partial charge in [-0.1, -0.05) is 17.7 Å². The quantitative estimate of drug-likeness (QED) is 0.684. The average Bonchev–Trinajstić information content (AvgIpc) is 2.17. The number of aliphatic imine (C=N–C) groups is 1. The number of aldehydes is 1. The summed E-state index contributed by atoms with van der Waals surface area (Å²) < 4.78 is 0. The van der Waals surface area contributed by atoms with Gasteiger partial charge in [0.1, 0.15) is 12.3 Å². The van der Waals surface area contributed by atoms with Crippen LogP contribution in [0.2, 0.25) is 0 Å². The summed E-state index contributed by atoms with van der Waals surface area (Å²) in [5, 5.41) is 3.03. The Bertz CT molecular complexity index is 410. The molecule has 0 radical (unpaired) electrons. The highest BCUT2D eigenvalue weighted by Crippen LogP contribution is 2.28. The summed E-state index contributed by atoms with van der Waals surface area (Å²) in [6.07, 6.45) is 0.913. The van der Waals surface area contributed by atoms with Crippen LogP contribution in [0.3, 0.4) is 0 Å². The van der Waals surface area contributed by atoms with Gasteiger partial charge in [0.2, 0.25) is 0 Å². The zero-order chi connectivity index (χ0) is 10.1. The van der Waals surface area contributed by atoms with Crippen LogP contribution in [0.1, 0.15) is 24.1 Å². The van der Waals surface area contributed by atoms with E-state index in [4.69, 9.17) is 0 Å². The zero-order valence-electron chi connectivity index (χ0n) is 8.24. The molecule has 14 heavy (non-hydrogen) atoms. The van der Waals surface area contributed by atoms with E-state index in [1.807, 2.05) is 32.0 Å². The van der Waals surface area contributed by atoms with E-state index < -0.39 is 0 Å². The fourth-order valence-corrected chi connectivity index (χ4v) is 1.65. The highest BCUT2D eigenvalue weighted by atomic mass is 16.1. The Morgan fingerprint density at radius 2 is 2.21 bits per heavy atom. The first-order chi connectivity index (χ1) is 6.70. The van der Waals surface area contributed by atoms with Gasteiger partial charge in [-0.25, -0.2) is 4.99 Å². The van der Waals surface area contributed by atoms with Crippen LogP contribution in [0.25, 0.3) is 0 Å². The second kappa shape index (κ2) is 3.25. The number of benzene rings is 1. The van der Waals surface area contributed by atoms with Crippen LogP contribution in [0.4, 0.5) is 5.69 Å². The Balaban J connectivity index is 2.57. The third-order valence-corrected chi connectivity index (χ3v) is 2.31. The van der Waals surface area contributed by atoms with Crippen LogP contribution >= 0.6 is 0 Å². The third-order valence-electron chi connectivity index (χ3n) is 2.31. The van der Waals surface area contributed by atoms with Crippen LogP contribution in [-0.4, -0.2) is 12.1 Å². The fourth-order valence-electron chi connectivity index (χ4n) is 1.65. The van der Waals surface area contributed by atoms with Crippen molar-refractivity contribution in [1.29, 1.82) is 0 Å². The number of hydrogen-bond donors (Lipinski definition) is 1. The molecule has 0 saturated carbocycles. The molecule has 3 heteroatoms. The second-order valence-electron chi connectivity index (χ2n) is 3.52. The summed E-state index contributed by atoms with van der Waals surface area (Å²) in [6, 6.07) is 5.70. The van der Waals surface area contributed by atoms with Crippen LogP contribution < -0.4 is 5.32 Å². The first-order valence-electron chi connectivity index (χ1n) is 4.58. The number of rotatable bonds is 1. The summed E-state index contributed by atoms with van der Waals surface area (Å²) in [4.78, 5) is 15.2. The summed E-state index contributed by atoms with van der Waals surface area (Å²) in [7, 11) is 0. The number of fused-ring (bicyclic) bond motifs is 1. The van der Waals surface area contributed by atoms with E-state index in [9.17, 15) is 4.79 Å². The third kappa shape index (κ3) is 1.41. The van der Waals surface area contributed by atoms with Crippen molar-refractivity contribution in [2.45, 2.75) is 19.9 Å². The number of carbonyl (C=O) groups is 1. The van der Waals surface area contributed by atoms with Gasteiger partial charge in [-0.3, -0.25) is 0 Å². The highest BCUT2D eigenvalue weighted by molar-refractivity contribution is 5.89. The molecule has 0 bridgehead atoms. The lowest BCUT2D eigenvalue weighted by Crippen LogP contribution is -2.30. The van der Waals surface area contributed by atoms with Gasteiger partial charge in [0, 0.05) is 5.56 Å². The molecule has 1 aliphatic rings. The van der Waals surface area contributed by atoms with Gasteiger partial charge in [-0.15, -0.1) is 0 Å². The number of amidine groups is 1. The number of hydrogen-bond acceptors (Lipinski definition) is 3. The molecule has 1 atom stereocenters. The highest BCUT2D eigenvalue weighted by Gasteiger charge is 2.18. The van der Waals surface area contributed by atoms with Gasteiger partial charge in [0.15, 0.2) is 0 Å². The Morgan fingerprint density at radius 3 is 2.93 bits per heavy atom. The molecule has 1 aromatic carbocycles. The first kappa shape index (κ1) is 8.94. The van der Waals surface area contributed by atoms with Crippen molar-refractivity contribution in [2.75, 3.05) is 0 Å². The van der Waals surface area contributed by atoms with E-state index in [2.05, 4.69) is 10.3 Å². The van der Waals surface area contributed by atoms with E-state index in [0.717, 1.165) is 28.9 Å². The first-order valence-corrected chi connectivity index (χ1v) is 4.58. The van der Waals surface area contributed by atoms with Crippen LogP contribution in [-0.2, 0) is 4.79 Å². The zero-order valence-corrected chi connectivity index (χ0v) is 8.24. The maximum absolute atomic E-state index is 10.9. The molecule has 72 valence electrons. The summed E-state index contributed by atoms with van der Waals surface area (Å²) in [5.41, 5.74) is 3.00. The fraction of sp³-hybridized carbons (Fsp3) is 0.273. The van der Waals surface area contributed by atoms with E-state index in [1.165, 1.54) is 0 Å². The minimum Gasteiger partial charge on any atom is -0.360 e. The van der Waals surface area contributed by atoms with Crippen molar-refractivity contribution in [2.24, 2.45) is 4.99 Å². The van der Waals surface area contributed by atoms with Gasteiger partial charge in [-0.2, -0.15) is 0 Å². The van der Waals surface area contributed by atoms with Crippen LogP contribution in [0, 0.1) is 6.92 Å². The molecule has 1 N–H and O–H groups in total. The summed E-state index contributed by atoms with van der Waals surface area (Å²) >= 11 is 0. The molecule has 2 rings (SSSR count). The van der Waals surface area contributed by atoms with E-state index >= 15 is 0 Å². The topological polar surface area (TPSA) is 41.5 Å². The number of carbonyl (C=O) groups excluding carboxylic acids is 1. The molecule has 0 aromatic heterocycles. The monoisotopic (exact) mass is 188 g/mol. The smallest absolute Gasteiger partial charge is 0.146 e. The Hall–Kier alpha value is -1.64. The molecule has 0 fully saturated rings. The lowest BCUT2D eigenvalue weighted by Gasteiger charge is -2.21. The van der Waals surface area contributed by atoms with E-state index in [1.54, 1.807) is 0 Å². The van der Waals surface area contributed by atoms with Crippen LogP contribution in [0.5, 0.6) is 0 Å². The average molecular weight is 188 g/mol. The Morgan fingerprint density at radius 1 is 1.43 bits per heavy atom. The van der Waals surface area contributed by atoms with E-state index in [-0.39, 0.29) is 6.04 Å².